The van der Waals surface area contributed by atoms with Crippen LogP contribution in [0.15, 0.2) is 18.2 Å². The lowest BCUT2D eigenvalue weighted by Crippen LogP contribution is -2.33. The highest BCUT2D eigenvalue weighted by molar-refractivity contribution is 5.33. The molecule has 14 heavy (non-hydrogen) atoms. The maximum Gasteiger partial charge on any atom is 0.214 e. The predicted octanol–water partition coefficient (Wildman–Crippen LogP) is 2.82. The van der Waals surface area contributed by atoms with Gasteiger partial charge < -0.3 is 5.32 Å². The zero-order valence-electron chi connectivity index (χ0n) is 8.39. The molecular formula is C11H15FN2. The van der Waals surface area contributed by atoms with Crippen molar-refractivity contribution in [3.8, 4) is 0 Å². The van der Waals surface area contributed by atoms with E-state index in [4.69, 9.17) is 0 Å². The van der Waals surface area contributed by atoms with Gasteiger partial charge in [0.1, 0.15) is 5.82 Å². The summed E-state index contributed by atoms with van der Waals surface area (Å²) in [4.78, 5) is 3.76. The molecule has 1 aromatic rings. The van der Waals surface area contributed by atoms with Gasteiger partial charge in [0.05, 0.1) is 0 Å². The minimum absolute atomic E-state index is 0.397. The average molecular weight is 194 g/mol. The van der Waals surface area contributed by atoms with Gasteiger partial charge in [-0.3, -0.25) is 0 Å². The fraction of sp³-hybridized carbons (Fsp3) is 0.545. The molecule has 2 nitrogen and oxygen atoms in total. The third-order valence-corrected chi connectivity index (χ3v) is 2.97. The van der Waals surface area contributed by atoms with Crippen molar-refractivity contribution in [3.05, 3.63) is 24.1 Å². The molecule has 1 saturated carbocycles. The molecule has 0 spiro atoms. The molecule has 2 rings (SSSR count). The Morgan fingerprint density at radius 2 is 2.29 bits per heavy atom. The van der Waals surface area contributed by atoms with E-state index in [1.165, 1.54) is 25.3 Å². The van der Waals surface area contributed by atoms with Crippen LogP contribution in [0, 0.1) is 11.4 Å². The highest BCUT2D eigenvalue weighted by Crippen LogP contribution is 2.39. The van der Waals surface area contributed by atoms with Gasteiger partial charge in [-0.15, -0.1) is 0 Å². The van der Waals surface area contributed by atoms with Crippen molar-refractivity contribution in [3.63, 3.8) is 0 Å². The molecule has 0 unspecified atom stereocenters. The van der Waals surface area contributed by atoms with Crippen LogP contribution in [0.5, 0.6) is 0 Å². The van der Waals surface area contributed by atoms with Crippen molar-refractivity contribution < 1.29 is 4.39 Å². The lowest BCUT2D eigenvalue weighted by molar-refractivity contribution is 0.179. The quantitative estimate of drug-likeness (QED) is 0.748. The van der Waals surface area contributed by atoms with Crippen LogP contribution < -0.4 is 5.32 Å². The largest absolute Gasteiger partial charge is 0.369 e. The summed E-state index contributed by atoms with van der Waals surface area (Å²) in [6.07, 6.45) is 3.83. The Morgan fingerprint density at radius 1 is 1.50 bits per heavy atom. The maximum atomic E-state index is 12.7. The molecule has 1 aliphatic carbocycles. The third kappa shape index (κ3) is 2.03. The first-order valence-electron chi connectivity index (χ1n) is 5.04. The number of nitrogens with one attached hydrogen (secondary N) is 1. The van der Waals surface area contributed by atoms with E-state index >= 15 is 0 Å². The standard InChI is InChI=1S/C11H15FN2/c1-11(6-3-7-11)8-13-10-5-2-4-9(12)14-10/h2,4-5H,3,6-8H2,1H3,(H,13,14). The fourth-order valence-corrected chi connectivity index (χ4v) is 1.77. The van der Waals surface area contributed by atoms with Gasteiger partial charge in [0, 0.05) is 6.54 Å². The van der Waals surface area contributed by atoms with E-state index < -0.39 is 5.95 Å². The van der Waals surface area contributed by atoms with E-state index in [1.54, 1.807) is 12.1 Å². The number of pyridine rings is 1. The molecule has 0 atom stereocenters. The zero-order valence-corrected chi connectivity index (χ0v) is 8.39. The normalized spacial score (nSPS) is 18.7. The number of hydrogen-bond acceptors (Lipinski definition) is 2. The van der Waals surface area contributed by atoms with Crippen molar-refractivity contribution in [1.29, 1.82) is 0 Å². The van der Waals surface area contributed by atoms with Crippen LogP contribution in [0.2, 0.25) is 0 Å². The van der Waals surface area contributed by atoms with Crippen molar-refractivity contribution >= 4 is 5.82 Å². The highest BCUT2D eigenvalue weighted by Gasteiger charge is 2.31. The summed E-state index contributed by atoms with van der Waals surface area (Å²) in [6, 6.07) is 4.83. The monoisotopic (exact) mass is 194 g/mol. The van der Waals surface area contributed by atoms with Crippen molar-refractivity contribution in [2.45, 2.75) is 26.2 Å². The summed E-state index contributed by atoms with van der Waals surface area (Å²) >= 11 is 0. The molecule has 0 radical (unpaired) electrons. The van der Waals surface area contributed by atoms with Gasteiger partial charge in [-0.05, 0) is 30.4 Å². The first-order valence-corrected chi connectivity index (χ1v) is 5.04. The lowest BCUT2D eigenvalue weighted by atomic mass is 9.70. The Morgan fingerprint density at radius 3 is 2.86 bits per heavy atom. The fourth-order valence-electron chi connectivity index (χ4n) is 1.77. The molecule has 3 heteroatoms. The van der Waals surface area contributed by atoms with Crippen molar-refractivity contribution in [2.75, 3.05) is 11.9 Å². The number of rotatable bonds is 3. The summed E-state index contributed by atoms with van der Waals surface area (Å²) in [5.41, 5.74) is 0.397. The number of aromatic nitrogens is 1. The van der Waals surface area contributed by atoms with Gasteiger partial charge in [-0.2, -0.15) is 4.39 Å². The second kappa shape index (κ2) is 3.56. The molecule has 1 heterocycles. The maximum absolute atomic E-state index is 12.7. The second-order valence-corrected chi connectivity index (χ2v) is 4.36. The average Bonchev–Trinajstić information content (AvgIpc) is 2.12. The van der Waals surface area contributed by atoms with Gasteiger partial charge in [0.15, 0.2) is 0 Å². The van der Waals surface area contributed by atoms with Gasteiger partial charge in [0.2, 0.25) is 5.95 Å². The van der Waals surface area contributed by atoms with Crippen LogP contribution in [0.25, 0.3) is 0 Å². The molecule has 1 N–H and O–H groups in total. The first-order chi connectivity index (χ1) is 6.68. The van der Waals surface area contributed by atoms with Crippen molar-refractivity contribution in [2.24, 2.45) is 5.41 Å². The summed E-state index contributed by atoms with van der Waals surface area (Å²) in [6.45, 7) is 3.15. The molecule has 0 aliphatic heterocycles. The molecule has 76 valence electrons. The topological polar surface area (TPSA) is 24.9 Å². The van der Waals surface area contributed by atoms with Gasteiger partial charge >= 0.3 is 0 Å². The predicted molar refractivity (Wildman–Crippen MR) is 54.6 cm³/mol. The van der Waals surface area contributed by atoms with E-state index in [1.807, 2.05) is 0 Å². The lowest BCUT2D eigenvalue weighted by Gasteiger charge is -2.38. The third-order valence-electron chi connectivity index (χ3n) is 2.97. The summed E-state index contributed by atoms with van der Waals surface area (Å²) in [5, 5.41) is 3.18. The van der Waals surface area contributed by atoms with Crippen LogP contribution in [-0.2, 0) is 0 Å². The Bertz CT molecular complexity index is 321. The molecule has 0 bridgehead atoms. The summed E-state index contributed by atoms with van der Waals surface area (Å²) in [5.74, 6) is 0.215. The summed E-state index contributed by atoms with van der Waals surface area (Å²) < 4.78 is 12.7. The SMILES string of the molecule is CC1(CNc2cccc(F)n2)CCC1. The number of anilines is 1. The summed E-state index contributed by atoms with van der Waals surface area (Å²) in [7, 11) is 0. The van der Waals surface area contributed by atoms with Crippen LogP contribution in [0.3, 0.4) is 0 Å². The Balaban J connectivity index is 1.91. The first kappa shape index (κ1) is 9.44. The van der Waals surface area contributed by atoms with E-state index in [0.29, 0.717) is 11.2 Å². The molecule has 1 aliphatic rings. The molecule has 1 fully saturated rings. The van der Waals surface area contributed by atoms with Crippen LogP contribution in [0.1, 0.15) is 26.2 Å². The molecular weight excluding hydrogens is 179 g/mol. The van der Waals surface area contributed by atoms with Gasteiger partial charge in [-0.25, -0.2) is 4.98 Å². The zero-order chi connectivity index (χ0) is 10.0. The minimum atomic E-state index is -0.422. The number of nitrogens with zero attached hydrogens (tertiary/aromatic N) is 1. The van der Waals surface area contributed by atoms with Crippen molar-refractivity contribution in [1.82, 2.24) is 4.98 Å². The Kier molecular flexibility index (Phi) is 2.40. The minimum Gasteiger partial charge on any atom is -0.369 e. The van der Waals surface area contributed by atoms with E-state index in [-0.39, 0.29) is 0 Å². The van der Waals surface area contributed by atoms with Gasteiger partial charge in [-0.1, -0.05) is 19.4 Å². The van der Waals surface area contributed by atoms with E-state index in [0.717, 1.165) is 6.54 Å². The Labute approximate surface area is 83.6 Å². The number of halogens is 1. The second-order valence-electron chi connectivity index (χ2n) is 4.36. The highest BCUT2D eigenvalue weighted by atomic mass is 19.1. The molecule has 0 saturated heterocycles. The van der Waals surface area contributed by atoms with E-state index in [2.05, 4.69) is 17.2 Å². The molecule has 0 aromatic carbocycles. The van der Waals surface area contributed by atoms with Crippen LogP contribution in [0.4, 0.5) is 10.2 Å². The smallest absolute Gasteiger partial charge is 0.214 e. The van der Waals surface area contributed by atoms with E-state index in [9.17, 15) is 4.39 Å². The van der Waals surface area contributed by atoms with Gasteiger partial charge in [0.25, 0.3) is 0 Å². The Hall–Kier alpha value is -1.12. The molecule has 0 amide bonds. The number of hydrogen-bond donors (Lipinski definition) is 1. The van der Waals surface area contributed by atoms with Crippen LogP contribution >= 0.6 is 0 Å². The van der Waals surface area contributed by atoms with Crippen LogP contribution in [-0.4, -0.2) is 11.5 Å². The molecule has 1 aromatic heterocycles.